The second-order valence-electron chi connectivity index (χ2n) is 4.82. The van der Waals surface area contributed by atoms with Crippen molar-refractivity contribution in [3.8, 4) is 0 Å². The van der Waals surface area contributed by atoms with E-state index in [0.717, 1.165) is 18.8 Å². The summed E-state index contributed by atoms with van der Waals surface area (Å²) in [7, 11) is 0. The van der Waals surface area contributed by atoms with Crippen LogP contribution in [0.1, 0.15) is 46.5 Å². The number of ether oxygens (including phenoxy) is 1. The third kappa shape index (κ3) is 3.49. The number of nitrogens with two attached hydrogens (primary N) is 1. The second kappa shape index (κ2) is 5.50. The summed E-state index contributed by atoms with van der Waals surface area (Å²) in [4.78, 5) is 11.0. The van der Waals surface area contributed by atoms with Crippen molar-refractivity contribution in [1.29, 1.82) is 0 Å². The summed E-state index contributed by atoms with van der Waals surface area (Å²) in [5.41, 5.74) is 5.26. The average molecular weight is 213 g/mol. The molecule has 1 aliphatic rings. The van der Waals surface area contributed by atoms with Gasteiger partial charge in [-0.3, -0.25) is 4.79 Å². The standard InChI is InChI=1S/C12H23NO2/c1-4-11(12(13)14)15-10-6-5-8(2)9(3)7-10/h8-11H,4-7H2,1-3H3,(H2,13,14). The van der Waals surface area contributed by atoms with Gasteiger partial charge in [-0.25, -0.2) is 0 Å². The molecule has 0 aliphatic heterocycles. The van der Waals surface area contributed by atoms with Crippen molar-refractivity contribution in [2.24, 2.45) is 17.6 Å². The molecule has 4 unspecified atom stereocenters. The molecule has 4 atom stereocenters. The molecule has 15 heavy (non-hydrogen) atoms. The highest BCUT2D eigenvalue weighted by Gasteiger charge is 2.27. The van der Waals surface area contributed by atoms with E-state index in [1.54, 1.807) is 0 Å². The van der Waals surface area contributed by atoms with Crippen molar-refractivity contribution in [1.82, 2.24) is 0 Å². The Hall–Kier alpha value is -0.570. The van der Waals surface area contributed by atoms with Gasteiger partial charge in [0.1, 0.15) is 6.10 Å². The lowest BCUT2D eigenvalue weighted by molar-refractivity contribution is -0.136. The normalized spacial score (nSPS) is 33.7. The minimum Gasteiger partial charge on any atom is -0.367 e. The van der Waals surface area contributed by atoms with E-state index in [9.17, 15) is 4.79 Å². The van der Waals surface area contributed by atoms with Crippen molar-refractivity contribution in [3.05, 3.63) is 0 Å². The number of primary amides is 1. The molecule has 1 saturated carbocycles. The van der Waals surface area contributed by atoms with E-state index in [1.165, 1.54) is 6.42 Å². The van der Waals surface area contributed by atoms with E-state index in [-0.39, 0.29) is 12.0 Å². The van der Waals surface area contributed by atoms with Gasteiger partial charge in [-0.2, -0.15) is 0 Å². The fourth-order valence-corrected chi connectivity index (χ4v) is 2.22. The molecule has 1 rings (SSSR count). The molecule has 88 valence electrons. The van der Waals surface area contributed by atoms with Crippen LogP contribution in [0.25, 0.3) is 0 Å². The Morgan fingerprint density at radius 1 is 1.40 bits per heavy atom. The third-order valence-corrected chi connectivity index (χ3v) is 3.59. The maximum absolute atomic E-state index is 11.0. The molecule has 0 aromatic carbocycles. The van der Waals surface area contributed by atoms with Gasteiger partial charge in [0.15, 0.2) is 0 Å². The smallest absolute Gasteiger partial charge is 0.246 e. The quantitative estimate of drug-likeness (QED) is 0.777. The van der Waals surface area contributed by atoms with Gasteiger partial charge in [-0.05, 0) is 37.5 Å². The van der Waals surface area contributed by atoms with Crippen LogP contribution in [0.3, 0.4) is 0 Å². The molecule has 0 radical (unpaired) electrons. The molecule has 0 aromatic heterocycles. The van der Waals surface area contributed by atoms with Crippen LogP contribution < -0.4 is 5.73 Å². The highest BCUT2D eigenvalue weighted by molar-refractivity contribution is 5.78. The van der Waals surface area contributed by atoms with E-state index in [0.29, 0.717) is 12.3 Å². The topological polar surface area (TPSA) is 52.3 Å². The lowest BCUT2D eigenvalue weighted by Crippen LogP contribution is -2.37. The zero-order chi connectivity index (χ0) is 11.4. The van der Waals surface area contributed by atoms with Crippen LogP contribution in [0.15, 0.2) is 0 Å². The summed E-state index contributed by atoms with van der Waals surface area (Å²) in [5, 5.41) is 0. The zero-order valence-corrected chi connectivity index (χ0v) is 10.0. The first kappa shape index (κ1) is 12.5. The number of amides is 1. The Balaban J connectivity index is 2.42. The molecule has 3 nitrogen and oxygen atoms in total. The van der Waals surface area contributed by atoms with Crippen molar-refractivity contribution >= 4 is 5.91 Å². The summed E-state index contributed by atoms with van der Waals surface area (Å²) in [6.07, 6.45) is 3.83. The first-order valence-corrected chi connectivity index (χ1v) is 5.99. The van der Waals surface area contributed by atoms with Crippen LogP contribution in [0.4, 0.5) is 0 Å². The summed E-state index contributed by atoms with van der Waals surface area (Å²) >= 11 is 0. The van der Waals surface area contributed by atoms with E-state index in [2.05, 4.69) is 13.8 Å². The number of rotatable bonds is 4. The van der Waals surface area contributed by atoms with Gasteiger partial charge in [0.05, 0.1) is 6.10 Å². The number of carbonyl (C=O) groups excluding carboxylic acids is 1. The minimum atomic E-state index is -0.393. The molecule has 2 N–H and O–H groups in total. The summed E-state index contributed by atoms with van der Waals surface area (Å²) in [5.74, 6) is 1.14. The molecule has 1 aliphatic carbocycles. The van der Waals surface area contributed by atoms with Gasteiger partial charge >= 0.3 is 0 Å². The van der Waals surface area contributed by atoms with Crippen LogP contribution in [-0.2, 0) is 9.53 Å². The van der Waals surface area contributed by atoms with E-state index in [4.69, 9.17) is 10.5 Å². The summed E-state index contributed by atoms with van der Waals surface area (Å²) < 4.78 is 5.75. The van der Waals surface area contributed by atoms with Crippen LogP contribution in [0.5, 0.6) is 0 Å². The first-order valence-electron chi connectivity index (χ1n) is 5.99. The molecule has 0 spiro atoms. The average Bonchev–Trinajstić information content (AvgIpc) is 2.19. The predicted octanol–water partition coefficient (Wildman–Crippen LogP) is 2.09. The Morgan fingerprint density at radius 2 is 2.07 bits per heavy atom. The molecule has 0 heterocycles. The second-order valence-corrected chi connectivity index (χ2v) is 4.82. The number of hydrogen-bond donors (Lipinski definition) is 1. The lowest BCUT2D eigenvalue weighted by atomic mass is 9.80. The monoisotopic (exact) mass is 213 g/mol. The molecule has 0 bridgehead atoms. The van der Waals surface area contributed by atoms with Gasteiger partial charge in [-0.15, -0.1) is 0 Å². The SMILES string of the molecule is CCC(OC1CCC(C)C(C)C1)C(N)=O. The Kier molecular flexibility index (Phi) is 4.58. The zero-order valence-electron chi connectivity index (χ0n) is 10.0. The first-order chi connectivity index (χ1) is 7.04. The fraction of sp³-hybridized carbons (Fsp3) is 0.917. The predicted molar refractivity (Wildman–Crippen MR) is 60.3 cm³/mol. The number of carbonyl (C=O) groups is 1. The van der Waals surface area contributed by atoms with Crippen LogP contribution >= 0.6 is 0 Å². The fourth-order valence-electron chi connectivity index (χ4n) is 2.22. The van der Waals surface area contributed by atoms with Crippen molar-refractivity contribution in [3.63, 3.8) is 0 Å². The Labute approximate surface area is 92.4 Å². The van der Waals surface area contributed by atoms with Crippen molar-refractivity contribution in [2.45, 2.75) is 58.7 Å². The highest BCUT2D eigenvalue weighted by Crippen LogP contribution is 2.31. The van der Waals surface area contributed by atoms with Gasteiger partial charge in [0.2, 0.25) is 5.91 Å². The van der Waals surface area contributed by atoms with Crippen molar-refractivity contribution < 1.29 is 9.53 Å². The summed E-state index contributed by atoms with van der Waals surface area (Å²) in [6, 6.07) is 0. The molecular weight excluding hydrogens is 190 g/mol. The van der Waals surface area contributed by atoms with Crippen LogP contribution in [0, 0.1) is 11.8 Å². The van der Waals surface area contributed by atoms with E-state index >= 15 is 0 Å². The molecular formula is C12H23NO2. The largest absolute Gasteiger partial charge is 0.367 e. The molecule has 1 amide bonds. The maximum atomic E-state index is 11.0. The molecule has 1 fully saturated rings. The lowest BCUT2D eigenvalue weighted by Gasteiger charge is -2.33. The van der Waals surface area contributed by atoms with Crippen molar-refractivity contribution in [2.75, 3.05) is 0 Å². The molecule has 0 aromatic rings. The van der Waals surface area contributed by atoms with E-state index < -0.39 is 6.10 Å². The number of hydrogen-bond acceptors (Lipinski definition) is 2. The third-order valence-electron chi connectivity index (χ3n) is 3.59. The van der Waals surface area contributed by atoms with Gasteiger partial charge in [0, 0.05) is 0 Å². The molecule has 0 saturated heterocycles. The van der Waals surface area contributed by atoms with Crippen LogP contribution in [-0.4, -0.2) is 18.1 Å². The Bertz CT molecular complexity index is 218. The van der Waals surface area contributed by atoms with E-state index in [1.807, 2.05) is 6.92 Å². The van der Waals surface area contributed by atoms with Gasteiger partial charge in [0.25, 0.3) is 0 Å². The summed E-state index contributed by atoms with van der Waals surface area (Å²) in [6.45, 7) is 6.47. The minimum absolute atomic E-state index is 0.230. The maximum Gasteiger partial charge on any atom is 0.246 e. The van der Waals surface area contributed by atoms with Crippen LogP contribution in [0.2, 0.25) is 0 Å². The molecule has 3 heteroatoms. The van der Waals surface area contributed by atoms with Gasteiger partial charge < -0.3 is 10.5 Å². The highest BCUT2D eigenvalue weighted by atomic mass is 16.5. The Morgan fingerprint density at radius 3 is 2.53 bits per heavy atom. The van der Waals surface area contributed by atoms with Gasteiger partial charge in [-0.1, -0.05) is 20.8 Å².